The van der Waals surface area contributed by atoms with Crippen molar-refractivity contribution in [2.75, 3.05) is 0 Å². The summed E-state index contributed by atoms with van der Waals surface area (Å²) in [4.78, 5) is 22.9. The summed E-state index contributed by atoms with van der Waals surface area (Å²) >= 11 is 0. The Morgan fingerprint density at radius 3 is 2.64 bits per heavy atom. The number of aromatic amines is 1. The van der Waals surface area contributed by atoms with E-state index in [1.54, 1.807) is 0 Å². The number of nitro groups is 1. The molecule has 0 fully saturated rings. The Balaban J connectivity index is 3.45. The van der Waals surface area contributed by atoms with Gasteiger partial charge in [-0.05, 0) is 6.92 Å². The van der Waals surface area contributed by atoms with Crippen molar-refractivity contribution in [2.45, 2.75) is 6.92 Å². The van der Waals surface area contributed by atoms with Crippen LogP contribution in [0.5, 0.6) is 0 Å². The van der Waals surface area contributed by atoms with Crippen molar-refractivity contribution in [3.8, 4) is 0 Å². The molecule has 0 aromatic carbocycles. The van der Waals surface area contributed by atoms with E-state index in [0.717, 1.165) is 6.07 Å². The van der Waals surface area contributed by atoms with Gasteiger partial charge < -0.3 is 4.98 Å². The summed E-state index contributed by atoms with van der Waals surface area (Å²) < 4.78 is 0. The Morgan fingerprint density at radius 1 is 1.64 bits per heavy atom. The van der Waals surface area contributed by atoms with Gasteiger partial charge in [-0.25, -0.2) is 0 Å². The summed E-state index contributed by atoms with van der Waals surface area (Å²) in [6.07, 6.45) is 1.38. The van der Waals surface area contributed by atoms with Crippen molar-refractivity contribution in [1.29, 1.82) is 0 Å². The Kier molecular flexibility index (Phi) is 1.72. The van der Waals surface area contributed by atoms with E-state index in [-0.39, 0.29) is 11.4 Å². The van der Waals surface area contributed by atoms with Crippen LogP contribution in [0.1, 0.15) is 5.69 Å². The van der Waals surface area contributed by atoms with Crippen LogP contribution in [-0.4, -0.2) is 9.91 Å². The Hall–Kier alpha value is -1.65. The summed E-state index contributed by atoms with van der Waals surface area (Å²) in [5, 5.41) is 10.2. The van der Waals surface area contributed by atoms with Gasteiger partial charge in [0.1, 0.15) is 0 Å². The molecular weight excluding hydrogens is 148 g/mol. The van der Waals surface area contributed by atoms with Crippen LogP contribution in [-0.2, 0) is 0 Å². The van der Waals surface area contributed by atoms with E-state index in [4.69, 9.17) is 0 Å². The highest BCUT2D eigenvalue weighted by atomic mass is 16.6. The van der Waals surface area contributed by atoms with Gasteiger partial charge in [0, 0.05) is 12.3 Å². The maximum atomic E-state index is 10.8. The molecule has 0 aliphatic carbocycles. The Bertz CT molecular complexity index is 342. The van der Waals surface area contributed by atoms with Crippen molar-refractivity contribution >= 4 is 5.69 Å². The number of H-pyrrole nitrogens is 1. The van der Waals surface area contributed by atoms with E-state index in [0.29, 0.717) is 0 Å². The molecule has 0 bridgehead atoms. The molecule has 1 N–H and O–H groups in total. The van der Waals surface area contributed by atoms with E-state index >= 15 is 0 Å². The SMILES string of the molecule is Cc1[nH]ccc(=O)c1[N+](=O)[O-]. The van der Waals surface area contributed by atoms with Gasteiger partial charge in [-0.15, -0.1) is 0 Å². The zero-order valence-corrected chi connectivity index (χ0v) is 5.83. The first-order valence-corrected chi connectivity index (χ1v) is 2.95. The molecular formula is C6H6N2O3. The quantitative estimate of drug-likeness (QED) is 0.475. The molecule has 58 valence electrons. The van der Waals surface area contributed by atoms with E-state index in [1.807, 2.05) is 0 Å². The molecule has 1 heterocycles. The molecule has 0 saturated carbocycles. The van der Waals surface area contributed by atoms with Crippen molar-refractivity contribution in [2.24, 2.45) is 0 Å². The normalized spacial score (nSPS) is 9.55. The van der Waals surface area contributed by atoms with Crippen LogP contribution in [0.15, 0.2) is 17.1 Å². The highest BCUT2D eigenvalue weighted by Gasteiger charge is 2.13. The molecule has 0 saturated heterocycles. The second-order valence-electron chi connectivity index (χ2n) is 2.07. The number of hydrogen-bond acceptors (Lipinski definition) is 3. The number of nitrogens with one attached hydrogen (secondary N) is 1. The first-order valence-electron chi connectivity index (χ1n) is 2.95. The second kappa shape index (κ2) is 2.53. The zero-order chi connectivity index (χ0) is 8.43. The van der Waals surface area contributed by atoms with Crippen LogP contribution in [0.3, 0.4) is 0 Å². The number of aromatic nitrogens is 1. The van der Waals surface area contributed by atoms with Crippen LogP contribution in [0.4, 0.5) is 5.69 Å². The highest BCUT2D eigenvalue weighted by Crippen LogP contribution is 2.06. The largest absolute Gasteiger partial charge is 0.359 e. The highest BCUT2D eigenvalue weighted by molar-refractivity contribution is 5.32. The molecule has 0 aliphatic rings. The van der Waals surface area contributed by atoms with E-state index in [1.165, 1.54) is 13.1 Å². The minimum absolute atomic E-state index is 0.280. The number of hydrogen-bond donors (Lipinski definition) is 1. The van der Waals surface area contributed by atoms with Crippen molar-refractivity contribution < 1.29 is 4.92 Å². The molecule has 5 heteroatoms. The van der Waals surface area contributed by atoms with Gasteiger partial charge in [0.2, 0.25) is 0 Å². The summed E-state index contributed by atoms with van der Waals surface area (Å²) in [5.74, 6) is 0. The molecule has 0 unspecified atom stereocenters. The first-order chi connectivity index (χ1) is 5.13. The van der Waals surface area contributed by atoms with Crippen LogP contribution < -0.4 is 5.43 Å². The van der Waals surface area contributed by atoms with Crippen molar-refractivity contribution in [3.05, 3.63) is 38.3 Å². The smallest absolute Gasteiger partial charge is 0.335 e. The minimum atomic E-state index is -0.686. The van der Waals surface area contributed by atoms with Gasteiger partial charge in [0.05, 0.1) is 10.6 Å². The number of nitrogens with zero attached hydrogens (tertiary/aromatic N) is 1. The lowest BCUT2D eigenvalue weighted by Crippen LogP contribution is -2.09. The fourth-order valence-electron chi connectivity index (χ4n) is 0.801. The molecule has 1 aromatic heterocycles. The van der Waals surface area contributed by atoms with Crippen LogP contribution in [0, 0.1) is 17.0 Å². The number of aryl methyl sites for hydroxylation is 1. The zero-order valence-electron chi connectivity index (χ0n) is 5.83. The van der Waals surface area contributed by atoms with Gasteiger partial charge in [-0.1, -0.05) is 0 Å². The maximum absolute atomic E-state index is 10.8. The minimum Gasteiger partial charge on any atom is -0.359 e. The predicted octanol–water partition coefficient (Wildman–Crippen LogP) is 0.592. The monoisotopic (exact) mass is 154 g/mol. The molecule has 1 aromatic rings. The van der Waals surface area contributed by atoms with Gasteiger partial charge in [-0.2, -0.15) is 0 Å². The summed E-state index contributed by atoms with van der Waals surface area (Å²) in [7, 11) is 0. The standard InChI is InChI=1S/C6H6N2O3/c1-4-6(8(10)11)5(9)2-3-7-4/h2-3H,1H3,(H,7,9). The molecule has 5 nitrogen and oxygen atoms in total. The average molecular weight is 154 g/mol. The predicted molar refractivity (Wildman–Crippen MR) is 38.5 cm³/mol. The lowest BCUT2D eigenvalue weighted by atomic mass is 10.3. The molecule has 0 radical (unpaired) electrons. The molecule has 0 spiro atoms. The summed E-state index contributed by atoms with van der Waals surface area (Å²) in [6.45, 7) is 1.49. The third-order valence-electron chi connectivity index (χ3n) is 1.31. The van der Waals surface area contributed by atoms with Gasteiger partial charge in [0.15, 0.2) is 0 Å². The fourth-order valence-corrected chi connectivity index (χ4v) is 0.801. The molecule has 1 rings (SSSR count). The Morgan fingerprint density at radius 2 is 2.27 bits per heavy atom. The van der Waals surface area contributed by atoms with Gasteiger partial charge in [-0.3, -0.25) is 14.9 Å². The maximum Gasteiger partial charge on any atom is 0.335 e. The second-order valence-corrected chi connectivity index (χ2v) is 2.07. The molecule has 0 aliphatic heterocycles. The third-order valence-corrected chi connectivity index (χ3v) is 1.31. The Labute approximate surface area is 61.8 Å². The molecule has 0 atom stereocenters. The molecule has 0 amide bonds. The third kappa shape index (κ3) is 1.26. The lowest BCUT2D eigenvalue weighted by Gasteiger charge is -1.92. The number of pyridine rings is 1. The van der Waals surface area contributed by atoms with Crippen LogP contribution >= 0.6 is 0 Å². The first kappa shape index (κ1) is 7.46. The van der Waals surface area contributed by atoms with Gasteiger partial charge >= 0.3 is 5.69 Å². The van der Waals surface area contributed by atoms with Crippen LogP contribution in [0.25, 0.3) is 0 Å². The van der Waals surface area contributed by atoms with Crippen LogP contribution in [0.2, 0.25) is 0 Å². The topological polar surface area (TPSA) is 76.0 Å². The average Bonchev–Trinajstić information content (AvgIpc) is 1.85. The summed E-state index contributed by atoms with van der Waals surface area (Å²) in [5.41, 5.74) is -0.666. The summed E-state index contributed by atoms with van der Waals surface area (Å²) in [6, 6.07) is 1.13. The van der Waals surface area contributed by atoms with Crippen molar-refractivity contribution in [3.63, 3.8) is 0 Å². The van der Waals surface area contributed by atoms with Gasteiger partial charge in [0.25, 0.3) is 5.43 Å². The van der Waals surface area contributed by atoms with Crippen molar-refractivity contribution in [1.82, 2.24) is 4.98 Å². The fraction of sp³-hybridized carbons (Fsp3) is 0.167. The molecule has 11 heavy (non-hydrogen) atoms. The van der Waals surface area contributed by atoms with E-state index in [2.05, 4.69) is 4.98 Å². The van der Waals surface area contributed by atoms with E-state index in [9.17, 15) is 14.9 Å². The number of rotatable bonds is 1. The van der Waals surface area contributed by atoms with E-state index < -0.39 is 10.4 Å². The lowest BCUT2D eigenvalue weighted by molar-refractivity contribution is -0.386.